The third-order valence-electron chi connectivity index (χ3n) is 4.11. The molecule has 0 aliphatic carbocycles. The van der Waals surface area contributed by atoms with E-state index in [2.05, 4.69) is 44.4 Å². The van der Waals surface area contributed by atoms with E-state index in [0.717, 1.165) is 36.0 Å². The first-order valence-electron chi connectivity index (χ1n) is 8.01. The Morgan fingerprint density at radius 3 is 2.09 bits per heavy atom. The van der Waals surface area contributed by atoms with Gasteiger partial charge in [-0.2, -0.15) is 0 Å². The smallest absolute Gasteiger partial charge is 0.168 e. The van der Waals surface area contributed by atoms with Crippen LogP contribution >= 0.6 is 0 Å². The van der Waals surface area contributed by atoms with E-state index < -0.39 is 0 Å². The van der Waals surface area contributed by atoms with E-state index >= 15 is 0 Å². The molecule has 0 aliphatic rings. The zero-order valence-electron chi connectivity index (χ0n) is 13.7. The van der Waals surface area contributed by atoms with Crippen LogP contribution in [0.25, 0.3) is 0 Å². The lowest BCUT2D eigenvalue weighted by molar-refractivity contribution is -0.889. The van der Waals surface area contributed by atoms with Crippen molar-refractivity contribution < 1.29 is 9.28 Å². The summed E-state index contributed by atoms with van der Waals surface area (Å²) < 4.78 is 0.894. The molecule has 2 aromatic carbocycles. The van der Waals surface area contributed by atoms with Crippen LogP contribution in [0.2, 0.25) is 0 Å². The molecule has 0 atom stereocenters. The molecule has 0 fully saturated rings. The normalized spacial score (nSPS) is 11.4. The predicted molar refractivity (Wildman–Crippen MR) is 92.0 cm³/mol. The highest BCUT2D eigenvalue weighted by Gasteiger charge is 2.17. The lowest BCUT2D eigenvalue weighted by Gasteiger charge is -2.29. The number of nitrogens with zero attached hydrogens (tertiary/aromatic N) is 1. The number of carbonyl (C=O) groups excluding carboxylic acids is 1. The number of rotatable bonds is 8. The van der Waals surface area contributed by atoms with Gasteiger partial charge in [-0.15, -0.1) is 0 Å². The summed E-state index contributed by atoms with van der Waals surface area (Å²) in [5.74, 6) is 0.245. The maximum Gasteiger partial charge on any atom is 0.168 e. The van der Waals surface area contributed by atoms with Crippen LogP contribution in [-0.2, 0) is 6.42 Å². The van der Waals surface area contributed by atoms with Crippen LogP contribution in [0.15, 0.2) is 60.7 Å². The van der Waals surface area contributed by atoms with Crippen LogP contribution in [-0.4, -0.2) is 37.5 Å². The van der Waals surface area contributed by atoms with Gasteiger partial charge in [0, 0.05) is 12.0 Å². The molecule has 2 aromatic rings. The maximum absolute atomic E-state index is 12.2. The average molecular weight is 296 g/mol. The first kappa shape index (κ1) is 16.4. The van der Waals surface area contributed by atoms with E-state index in [-0.39, 0.29) is 5.78 Å². The molecular formula is C20H26NO+. The molecule has 0 unspecified atom stereocenters. The molecule has 0 bridgehead atoms. The third-order valence-corrected chi connectivity index (χ3v) is 4.11. The Morgan fingerprint density at radius 1 is 0.864 bits per heavy atom. The second kappa shape index (κ2) is 7.90. The van der Waals surface area contributed by atoms with Gasteiger partial charge >= 0.3 is 0 Å². The molecule has 0 heterocycles. The van der Waals surface area contributed by atoms with Gasteiger partial charge in [0.2, 0.25) is 0 Å². The number of Topliss-reactive ketones (excluding diaryl/α,β-unsaturated/α-hetero) is 1. The fraction of sp³-hybridized carbons (Fsp3) is 0.350. The quantitative estimate of drug-likeness (QED) is 0.532. The molecule has 2 nitrogen and oxygen atoms in total. The minimum Gasteiger partial charge on any atom is -0.328 e. The summed E-state index contributed by atoms with van der Waals surface area (Å²) in [5.41, 5.74) is 2.22. The molecule has 116 valence electrons. The van der Waals surface area contributed by atoms with Gasteiger partial charge in [0.25, 0.3) is 0 Å². The highest BCUT2D eigenvalue weighted by atomic mass is 16.1. The Hall–Kier alpha value is -1.93. The van der Waals surface area contributed by atoms with Gasteiger partial charge < -0.3 is 4.48 Å². The monoisotopic (exact) mass is 296 g/mol. The molecule has 2 rings (SSSR count). The van der Waals surface area contributed by atoms with Crippen LogP contribution in [0, 0.1) is 0 Å². The van der Waals surface area contributed by atoms with Gasteiger partial charge in [-0.1, -0.05) is 60.7 Å². The van der Waals surface area contributed by atoms with Crippen molar-refractivity contribution in [1.29, 1.82) is 0 Å². The minimum atomic E-state index is 0.245. The van der Waals surface area contributed by atoms with Crippen LogP contribution < -0.4 is 0 Å². The molecule has 0 saturated heterocycles. The summed E-state index contributed by atoms with van der Waals surface area (Å²) in [6.45, 7) is 1.99. The zero-order valence-corrected chi connectivity index (χ0v) is 13.7. The fourth-order valence-electron chi connectivity index (χ4n) is 2.64. The highest BCUT2D eigenvalue weighted by molar-refractivity contribution is 5.96. The molecule has 2 heteroatoms. The lowest BCUT2D eigenvalue weighted by atomic mass is 10.1. The summed E-state index contributed by atoms with van der Waals surface area (Å²) >= 11 is 0. The number of ketones is 1. The second-order valence-electron chi connectivity index (χ2n) is 6.51. The first-order chi connectivity index (χ1) is 10.6. The van der Waals surface area contributed by atoms with E-state index in [9.17, 15) is 4.79 Å². The van der Waals surface area contributed by atoms with Gasteiger partial charge in [0.15, 0.2) is 5.78 Å². The first-order valence-corrected chi connectivity index (χ1v) is 8.01. The van der Waals surface area contributed by atoms with Crippen LogP contribution in [0.4, 0.5) is 0 Å². The average Bonchev–Trinajstić information content (AvgIpc) is 2.54. The van der Waals surface area contributed by atoms with Crippen LogP contribution in [0.5, 0.6) is 0 Å². The number of aryl methyl sites for hydroxylation is 1. The van der Waals surface area contributed by atoms with Gasteiger partial charge in [-0.05, 0) is 12.0 Å². The summed E-state index contributed by atoms with van der Waals surface area (Å²) in [6.07, 6.45) is 2.87. The molecule has 0 aliphatic heterocycles. The second-order valence-corrected chi connectivity index (χ2v) is 6.51. The molecule has 0 spiro atoms. The van der Waals surface area contributed by atoms with E-state index in [1.165, 1.54) is 5.56 Å². The number of quaternary nitrogens is 1. The summed E-state index contributed by atoms with van der Waals surface area (Å²) in [4.78, 5) is 12.2. The molecule has 0 amide bonds. The van der Waals surface area contributed by atoms with Crippen molar-refractivity contribution in [3.8, 4) is 0 Å². The Bertz CT molecular complexity index is 575. The number of hydrogen-bond acceptors (Lipinski definition) is 1. The molecule has 0 aromatic heterocycles. The Kier molecular flexibility index (Phi) is 5.91. The topological polar surface area (TPSA) is 17.1 Å². The van der Waals surface area contributed by atoms with Crippen LogP contribution in [0.1, 0.15) is 28.8 Å². The SMILES string of the molecule is C[N+](C)(CCCc1ccccc1)CCC(=O)c1ccccc1. The van der Waals surface area contributed by atoms with Crippen molar-refractivity contribution in [3.05, 3.63) is 71.8 Å². The number of hydrogen-bond donors (Lipinski definition) is 0. The maximum atomic E-state index is 12.2. The van der Waals surface area contributed by atoms with Crippen molar-refractivity contribution in [2.24, 2.45) is 0 Å². The Balaban J connectivity index is 1.75. The Labute approximate surface area is 134 Å². The van der Waals surface area contributed by atoms with Gasteiger partial charge in [0.1, 0.15) is 0 Å². The third kappa shape index (κ3) is 5.45. The van der Waals surface area contributed by atoms with E-state index in [1.807, 2.05) is 30.3 Å². The standard InChI is InChI=1S/C20H26NO/c1-21(2,16-9-12-18-10-5-3-6-11-18)17-15-20(22)19-13-7-4-8-14-19/h3-8,10-11,13-14H,9,12,15-17H2,1-2H3/q+1. The van der Waals surface area contributed by atoms with E-state index in [1.54, 1.807) is 0 Å². The van der Waals surface area contributed by atoms with E-state index in [4.69, 9.17) is 0 Å². The molecule has 22 heavy (non-hydrogen) atoms. The largest absolute Gasteiger partial charge is 0.328 e. The van der Waals surface area contributed by atoms with Gasteiger partial charge in [-0.25, -0.2) is 0 Å². The number of carbonyl (C=O) groups is 1. The molecular weight excluding hydrogens is 270 g/mol. The number of benzene rings is 2. The van der Waals surface area contributed by atoms with Gasteiger partial charge in [0.05, 0.1) is 33.6 Å². The van der Waals surface area contributed by atoms with Crippen molar-refractivity contribution in [2.75, 3.05) is 27.2 Å². The van der Waals surface area contributed by atoms with Gasteiger partial charge in [-0.3, -0.25) is 4.79 Å². The van der Waals surface area contributed by atoms with Crippen molar-refractivity contribution in [2.45, 2.75) is 19.3 Å². The summed E-state index contributed by atoms with van der Waals surface area (Å²) in [7, 11) is 4.42. The molecule has 0 saturated carbocycles. The van der Waals surface area contributed by atoms with Crippen molar-refractivity contribution in [3.63, 3.8) is 0 Å². The van der Waals surface area contributed by atoms with Crippen LogP contribution in [0.3, 0.4) is 0 Å². The lowest BCUT2D eigenvalue weighted by Crippen LogP contribution is -2.42. The minimum absolute atomic E-state index is 0.245. The van der Waals surface area contributed by atoms with E-state index in [0.29, 0.717) is 6.42 Å². The highest BCUT2D eigenvalue weighted by Crippen LogP contribution is 2.09. The summed E-state index contributed by atoms with van der Waals surface area (Å²) in [6, 6.07) is 20.2. The predicted octanol–water partition coefficient (Wildman–Crippen LogP) is 3.97. The zero-order chi connectivity index (χ0) is 15.8. The Morgan fingerprint density at radius 2 is 1.45 bits per heavy atom. The van der Waals surface area contributed by atoms with Crippen molar-refractivity contribution >= 4 is 5.78 Å². The molecule has 0 radical (unpaired) electrons. The van der Waals surface area contributed by atoms with Crippen molar-refractivity contribution in [1.82, 2.24) is 0 Å². The summed E-state index contributed by atoms with van der Waals surface area (Å²) in [5, 5.41) is 0. The fourth-order valence-corrected chi connectivity index (χ4v) is 2.64. The molecule has 0 N–H and O–H groups in total.